The molecule has 2 heterocycles. The molecular weight excluding hydrogens is 468 g/mol. The first-order valence-corrected chi connectivity index (χ1v) is 12.4. The number of amides is 3. The molecule has 0 radical (unpaired) electrons. The SMILES string of the molecule is CN1CC(C(=O)NCCOCCOCCNC(=O)C2CCN(c3ccc(C(=O)O)cc3)CC2)CC1=O. The highest BCUT2D eigenvalue weighted by molar-refractivity contribution is 5.89. The molecule has 1 aromatic carbocycles. The molecule has 0 saturated carbocycles. The van der Waals surface area contributed by atoms with Crippen LogP contribution in [0.1, 0.15) is 29.6 Å². The third-order valence-electron chi connectivity index (χ3n) is 6.52. The fraction of sp³-hybridized carbons (Fsp3) is 0.600. The van der Waals surface area contributed by atoms with Crippen molar-refractivity contribution < 1.29 is 33.8 Å². The number of hydrogen-bond acceptors (Lipinski definition) is 7. The number of carbonyl (C=O) groups excluding carboxylic acids is 3. The van der Waals surface area contributed by atoms with Crippen LogP contribution in [0.2, 0.25) is 0 Å². The van der Waals surface area contributed by atoms with Gasteiger partial charge in [-0.05, 0) is 37.1 Å². The van der Waals surface area contributed by atoms with Gasteiger partial charge in [-0.1, -0.05) is 0 Å². The Balaban J connectivity index is 1.16. The number of hydrogen-bond donors (Lipinski definition) is 3. The van der Waals surface area contributed by atoms with Crippen LogP contribution in [0.15, 0.2) is 24.3 Å². The predicted molar refractivity (Wildman–Crippen MR) is 132 cm³/mol. The van der Waals surface area contributed by atoms with Crippen LogP contribution in [-0.2, 0) is 23.9 Å². The summed E-state index contributed by atoms with van der Waals surface area (Å²) in [5.41, 5.74) is 1.23. The number of rotatable bonds is 13. The Labute approximate surface area is 211 Å². The summed E-state index contributed by atoms with van der Waals surface area (Å²) >= 11 is 0. The van der Waals surface area contributed by atoms with Crippen molar-refractivity contribution in [2.45, 2.75) is 19.3 Å². The van der Waals surface area contributed by atoms with Crippen molar-refractivity contribution in [2.75, 3.05) is 71.1 Å². The van der Waals surface area contributed by atoms with Gasteiger partial charge in [0.15, 0.2) is 0 Å². The molecule has 3 amide bonds. The van der Waals surface area contributed by atoms with Gasteiger partial charge < -0.3 is 35.0 Å². The van der Waals surface area contributed by atoms with Crippen LogP contribution in [0.3, 0.4) is 0 Å². The molecule has 3 N–H and O–H groups in total. The summed E-state index contributed by atoms with van der Waals surface area (Å²) in [6, 6.07) is 6.80. The molecule has 0 aliphatic carbocycles. The number of nitrogens with zero attached hydrogens (tertiary/aromatic N) is 2. The number of carboxylic acid groups (broad SMARTS) is 1. The summed E-state index contributed by atoms with van der Waals surface area (Å²) in [6.07, 6.45) is 1.74. The first-order valence-electron chi connectivity index (χ1n) is 12.4. The Morgan fingerprint density at radius 3 is 1.97 bits per heavy atom. The molecule has 2 saturated heterocycles. The number of likely N-dealkylation sites (tertiary alicyclic amines) is 1. The van der Waals surface area contributed by atoms with Crippen molar-refractivity contribution in [3.05, 3.63) is 29.8 Å². The Morgan fingerprint density at radius 2 is 1.47 bits per heavy atom. The lowest BCUT2D eigenvalue weighted by atomic mass is 9.95. The molecule has 2 fully saturated rings. The number of nitrogens with one attached hydrogen (secondary N) is 2. The Morgan fingerprint density at radius 1 is 0.917 bits per heavy atom. The van der Waals surface area contributed by atoms with Crippen LogP contribution in [-0.4, -0.2) is 99.9 Å². The molecular formula is C25H36N4O7. The fourth-order valence-electron chi connectivity index (χ4n) is 4.36. The van der Waals surface area contributed by atoms with Gasteiger partial charge in [0.25, 0.3) is 0 Å². The molecule has 1 atom stereocenters. The fourth-order valence-corrected chi connectivity index (χ4v) is 4.36. The third kappa shape index (κ3) is 8.20. The number of carboxylic acids is 1. The van der Waals surface area contributed by atoms with Crippen LogP contribution >= 0.6 is 0 Å². The van der Waals surface area contributed by atoms with Crippen molar-refractivity contribution >= 4 is 29.4 Å². The summed E-state index contributed by atoms with van der Waals surface area (Å²) < 4.78 is 10.9. The van der Waals surface area contributed by atoms with Crippen LogP contribution in [0.5, 0.6) is 0 Å². The minimum atomic E-state index is -0.942. The smallest absolute Gasteiger partial charge is 0.335 e. The van der Waals surface area contributed by atoms with E-state index in [1.54, 1.807) is 36.2 Å². The Kier molecular flexibility index (Phi) is 10.5. The molecule has 1 unspecified atom stereocenters. The lowest BCUT2D eigenvalue weighted by Gasteiger charge is -2.33. The van der Waals surface area contributed by atoms with Gasteiger partial charge in [-0.25, -0.2) is 4.79 Å². The monoisotopic (exact) mass is 504 g/mol. The Hall–Kier alpha value is -3.18. The van der Waals surface area contributed by atoms with Crippen molar-refractivity contribution in [3.63, 3.8) is 0 Å². The summed E-state index contributed by atoms with van der Waals surface area (Å²) in [4.78, 5) is 50.6. The van der Waals surface area contributed by atoms with Crippen molar-refractivity contribution in [3.8, 4) is 0 Å². The highest BCUT2D eigenvalue weighted by atomic mass is 16.5. The lowest BCUT2D eigenvalue weighted by Crippen LogP contribution is -2.41. The zero-order valence-corrected chi connectivity index (χ0v) is 20.7. The van der Waals surface area contributed by atoms with E-state index in [0.717, 1.165) is 31.6 Å². The number of ether oxygens (including phenoxy) is 2. The second-order valence-electron chi connectivity index (χ2n) is 9.10. The average molecular weight is 505 g/mol. The van der Waals surface area contributed by atoms with Crippen LogP contribution in [0.4, 0.5) is 5.69 Å². The van der Waals surface area contributed by atoms with Crippen molar-refractivity contribution in [1.82, 2.24) is 15.5 Å². The van der Waals surface area contributed by atoms with E-state index in [0.29, 0.717) is 46.1 Å². The molecule has 2 aliphatic rings. The predicted octanol–water partition coefficient (Wildman–Crippen LogP) is 0.345. The van der Waals surface area contributed by atoms with E-state index in [2.05, 4.69) is 15.5 Å². The number of piperidine rings is 1. The zero-order chi connectivity index (χ0) is 25.9. The summed E-state index contributed by atoms with van der Waals surface area (Å²) in [6.45, 7) is 4.30. The lowest BCUT2D eigenvalue weighted by molar-refractivity contribution is -0.128. The topological polar surface area (TPSA) is 138 Å². The molecule has 0 spiro atoms. The van der Waals surface area contributed by atoms with E-state index in [-0.39, 0.29) is 41.5 Å². The molecule has 36 heavy (non-hydrogen) atoms. The first kappa shape index (κ1) is 27.4. The second-order valence-corrected chi connectivity index (χ2v) is 9.10. The highest BCUT2D eigenvalue weighted by Gasteiger charge is 2.31. The van der Waals surface area contributed by atoms with Gasteiger partial charge in [-0.2, -0.15) is 0 Å². The quantitative estimate of drug-likeness (QED) is 0.327. The molecule has 198 valence electrons. The number of anilines is 1. The maximum absolute atomic E-state index is 12.4. The van der Waals surface area contributed by atoms with Crippen LogP contribution in [0, 0.1) is 11.8 Å². The summed E-state index contributed by atoms with van der Waals surface area (Å²) in [5, 5.41) is 14.7. The minimum Gasteiger partial charge on any atom is -0.478 e. The number of aromatic carboxylic acids is 1. The number of benzene rings is 1. The van der Waals surface area contributed by atoms with Gasteiger partial charge in [0, 0.05) is 57.8 Å². The Bertz CT molecular complexity index is 900. The summed E-state index contributed by atoms with van der Waals surface area (Å²) in [7, 11) is 1.70. The van der Waals surface area contributed by atoms with Crippen LogP contribution < -0.4 is 15.5 Å². The van der Waals surface area contributed by atoms with E-state index >= 15 is 0 Å². The van der Waals surface area contributed by atoms with Gasteiger partial charge in [-0.15, -0.1) is 0 Å². The van der Waals surface area contributed by atoms with Gasteiger partial charge in [0.05, 0.1) is 37.9 Å². The molecule has 11 nitrogen and oxygen atoms in total. The van der Waals surface area contributed by atoms with Crippen LogP contribution in [0.25, 0.3) is 0 Å². The largest absolute Gasteiger partial charge is 0.478 e. The molecule has 3 rings (SSSR count). The molecule has 0 bridgehead atoms. The van der Waals surface area contributed by atoms with E-state index in [1.807, 2.05) is 0 Å². The van der Waals surface area contributed by atoms with E-state index in [1.165, 1.54) is 0 Å². The third-order valence-corrected chi connectivity index (χ3v) is 6.52. The zero-order valence-electron chi connectivity index (χ0n) is 20.7. The summed E-state index contributed by atoms with van der Waals surface area (Å²) in [5.74, 6) is -1.37. The van der Waals surface area contributed by atoms with E-state index in [9.17, 15) is 19.2 Å². The second kappa shape index (κ2) is 13.8. The van der Waals surface area contributed by atoms with Gasteiger partial charge in [0.2, 0.25) is 17.7 Å². The molecule has 11 heteroatoms. The average Bonchev–Trinajstić information content (AvgIpc) is 3.23. The first-order chi connectivity index (χ1) is 17.3. The van der Waals surface area contributed by atoms with E-state index < -0.39 is 5.97 Å². The standard InChI is InChI=1S/C25H36N4O7/c1-28-17-20(16-22(28)30)24(32)27-9-13-36-15-14-35-12-8-26-23(31)18-6-10-29(11-7-18)21-4-2-19(3-5-21)25(33)34/h2-5,18,20H,6-17H2,1H3,(H,26,31)(H,27,32)(H,33,34). The molecule has 2 aliphatic heterocycles. The maximum Gasteiger partial charge on any atom is 0.335 e. The normalized spacial score (nSPS) is 18.4. The minimum absolute atomic E-state index is 0.00726. The molecule has 1 aromatic rings. The maximum atomic E-state index is 12.4. The van der Waals surface area contributed by atoms with E-state index in [4.69, 9.17) is 14.6 Å². The van der Waals surface area contributed by atoms with Crippen molar-refractivity contribution in [2.24, 2.45) is 11.8 Å². The number of carbonyl (C=O) groups is 4. The van der Waals surface area contributed by atoms with Gasteiger partial charge in [0.1, 0.15) is 0 Å². The highest BCUT2D eigenvalue weighted by Crippen LogP contribution is 2.24. The van der Waals surface area contributed by atoms with Gasteiger partial charge in [-0.3, -0.25) is 14.4 Å². The van der Waals surface area contributed by atoms with Gasteiger partial charge >= 0.3 is 5.97 Å². The molecule has 0 aromatic heterocycles. The van der Waals surface area contributed by atoms with Crippen molar-refractivity contribution in [1.29, 1.82) is 0 Å².